The van der Waals surface area contributed by atoms with Crippen LogP contribution in [0.1, 0.15) is 6.42 Å². The largest absolute Gasteiger partial charge is 0.460 e. The molecule has 0 saturated heterocycles. The van der Waals surface area contributed by atoms with E-state index in [4.69, 9.17) is 9.66 Å². The minimum Gasteiger partial charge on any atom is -0.392 e. The van der Waals surface area contributed by atoms with Crippen LogP contribution in [-0.2, 0) is 10.1 Å². The van der Waals surface area contributed by atoms with E-state index < -0.39 is 77.3 Å². The van der Waals surface area contributed by atoms with Crippen molar-refractivity contribution in [2.24, 2.45) is 0 Å². The molecule has 0 amide bonds. The minimum atomic E-state index is -8.02. The highest BCUT2D eigenvalue weighted by atomic mass is 32.2. The summed E-state index contributed by atoms with van der Waals surface area (Å²) in [4.78, 5) is 0. The van der Waals surface area contributed by atoms with Gasteiger partial charge in [-0.15, -0.1) is 0 Å². The van der Waals surface area contributed by atoms with Crippen LogP contribution in [0.25, 0.3) is 0 Å². The second-order valence-electron chi connectivity index (χ2n) is 5.85. The molecule has 1 atom stereocenters. The Labute approximate surface area is 159 Å². The van der Waals surface area contributed by atoms with Gasteiger partial charge in [0.25, 0.3) is 10.1 Å². The molecular weight excluding hydrogens is 489 g/mol. The normalized spacial score (nSPS) is 16.6. The Balaban J connectivity index is 5.60. The molecule has 0 bridgehead atoms. The Bertz CT molecular complexity index is 692. The van der Waals surface area contributed by atoms with E-state index in [1.54, 1.807) is 5.32 Å². The third-order valence-electron chi connectivity index (χ3n) is 3.41. The molecule has 0 rings (SSSR count). The molecular formula is C11H12F13NO4S. The number of rotatable bonds is 11. The summed E-state index contributed by atoms with van der Waals surface area (Å²) in [6, 6.07) is 0. The highest BCUT2D eigenvalue weighted by molar-refractivity contribution is 7.85. The molecule has 1 unspecified atom stereocenters. The van der Waals surface area contributed by atoms with E-state index in [1.165, 1.54) is 0 Å². The van der Waals surface area contributed by atoms with Crippen LogP contribution < -0.4 is 5.32 Å². The van der Waals surface area contributed by atoms with E-state index in [-0.39, 0.29) is 0 Å². The highest BCUT2D eigenvalue weighted by Gasteiger charge is 2.90. The quantitative estimate of drug-likeness (QED) is 0.230. The Morgan fingerprint density at radius 3 is 1.50 bits per heavy atom. The molecule has 5 nitrogen and oxygen atoms in total. The summed E-state index contributed by atoms with van der Waals surface area (Å²) in [5, 5.41) is 10.8. The number of hydrogen-bond donors (Lipinski definition) is 3. The maximum absolute atomic E-state index is 13.4. The maximum atomic E-state index is 13.4. The van der Waals surface area contributed by atoms with Crippen molar-refractivity contribution in [1.82, 2.24) is 5.32 Å². The van der Waals surface area contributed by atoms with Crippen LogP contribution in [0.15, 0.2) is 0 Å². The van der Waals surface area contributed by atoms with Gasteiger partial charge in [-0.1, -0.05) is 0 Å². The SMILES string of the molecule is O=S(=O)(O)CCNCC(O)CC(F)(F)C(F)(F)C(F)(F)C(F)(F)C(F)(F)C(F)(F)F. The van der Waals surface area contributed by atoms with Crippen molar-refractivity contribution in [3.05, 3.63) is 0 Å². The molecule has 0 fully saturated rings. The maximum Gasteiger partial charge on any atom is 0.460 e. The smallest absolute Gasteiger partial charge is 0.392 e. The van der Waals surface area contributed by atoms with Crippen LogP contribution in [0.3, 0.4) is 0 Å². The van der Waals surface area contributed by atoms with Gasteiger partial charge in [-0.25, -0.2) is 0 Å². The van der Waals surface area contributed by atoms with E-state index in [9.17, 15) is 65.5 Å². The molecule has 0 radical (unpaired) electrons. The predicted octanol–water partition coefficient (Wildman–Crippen LogP) is 2.95. The lowest BCUT2D eigenvalue weighted by molar-refractivity contribution is -0.440. The molecule has 0 aromatic rings. The van der Waals surface area contributed by atoms with Gasteiger partial charge in [0.15, 0.2) is 0 Å². The molecule has 0 aliphatic carbocycles. The van der Waals surface area contributed by atoms with Crippen molar-refractivity contribution in [2.45, 2.75) is 48.3 Å². The lowest BCUT2D eigenvalue weighted by atomic mass is 9.91. The Kier molecular flexibility index (Phi) is 8.15. The molecule has 0 aliphatic heterocycles. The van der Waals surface area contributed by atoms with Gasteiger partial charge in [-0.2, -0.15) is 65.5 Å². The summed E-state index contributed by atoms with van der Waals surface area (Å²) in [6.07, 6.45) is -13.2. The summed E-state index contributed by atoms with van der Waals surface area (Å²) < 4.78 is 196. The van der Waals surface area contributed by atoms with E-state index in [1.807, 2.05) is 0 Å². The van der Waals surface area contributed by atoms with Crippen LogP contribution in [0.5, 0.6) is 0 Å². The van der Waals surface area contributed by atoms with Crippen molar-refractivity contribution < 1.29 is 75.2 Å². The molecule has 0 heterocycles. The van der Waals surface area contributed by atoms with Gasteiger partial charge in [0.05, 0.1) is 11.9 Å². The molecule has 30 heavy (non-hydrogen) atoms. The van der Waals surface area contributed by atoms with Crippen molar-refractivity contribution >= 4 is 10.1 Å². The van der Waals surface area contributed by atoms with Crippen LogP contribution in [0, 0.1) is 0 Å². The third-order valence-corrected chi connectivity index (χ3v) is 4.13. The summed E-state index contributed by atoms with van der Waals surface area (Å²) >= 11 is 0. The lowest BCUT2D eigenvalue weighted by Gasteiger charge is -2.40. The number of aliphatic hydroxyl groups is 1. The number of alkyl halides is 13. The minimum absolute atomic E-state index is 0.802. The molecule has 0 aliphatic rings. The van der Waals surface area contributed by atoms with Crippen molar-refractivity contribution in [3.63, 3.8) is 0 Å². The van der Waals surface area contributed by atoms with E-state index in [0.717, 1.165) is 0 Å². The summed E-state index contributed by atoms with van der Waals surface area (Å²) in [6.45, 7) is -2.08. The first kappa shape index (κ1) is 28.9. The van der Waals surface area contributed by atoms with E-state index >= 15 is 0 Å². The summed E-state index contributed by atoms with van der Waals surface area (Å²) in [5.74, 6) is -38.8. The predicted molar refractivity (Wildman–Crippen MR) is 70.7 cm³/mol. The first-order valence-corrected chi connectivity index (χ1v) is 8.76. The molecule has 0 aromatic carbocycles. The van der Waals surface area contributed by atoms with Gasteiger partial charge >= 0.3 is 35.8 Å². The van der Waals surface area contributed by atoms with Crippen LogP contribution >= 0.6 is 0 Å². The van der Waals surface area contributed by atoms with Gasteiger partial charge in [-0.05, 0) is 0 Å². The second kappa shape index (κ2) is 8.45. The number of nitrogens with one attached hydrogen (secondary N) is 1. The van der Waals surface area contributed by atoms with E-state index in [2.05, 4.69) is 0 Å². The summed E-state index contributed by atoms with van der Waals surface area (Å²) in [5.41, 5.74) is 0. The van der Waals surface area contributed by atoms with Crippen molar-refractivity contribution in [3.8, 4) is 0 Å². The third kappa shape index (κ3) is 5.58. The zero-order chi connectivity index (χ0) is 24.6. The second-order valence-corrected chi connectivity index (χ2v) is 7.42. The van der Waals surface area contributed by atoms with E-state index in [0.29, 0.717) is 0 Å². The fourth-order valence-corrected chi connectivity index (χ4v) is 2.17. The first-order chi connectivity index (χ1) is 12.9. The zero-order valence-electron chi connectivity index (χ0n) is 13.9. The fourth-order valence-electron chi connectivity index (χ4n) is 1.77. The average molecular weight is 501 g/mol. The van der Waals surface area contributed by atoms with Crippen LogP contribution in [0.4, 0.5) is 57.1 Å². The van der Waals surface area contributed by atoms with Crippen LogP contribution in [0.2, 0.25) is 0 Å². The van der Waals surface area contributed by atoms with Gasteiger partial charge in [0, 0.05) is 19.5 Å². The van der Waals surface area contributed by atoms with Crippen molar-refractivity contribution in [2.75, 3.05) is 18.8 Å². The molecule has 0 aromatic heterocycles. The Hall–Kier alpha value is -1.08. The van der Waals surface area contributed by atoms with Gasteiger partial charge in [-0.3, -0.25) is 4.55 Å². The number of aliphatic hydroxyl groups excluding tert-OH is 1. The zero-order valence-corrected chi connectivity index (χ0v) is 14.8. The first-order valence-electron chi connectivity index (χ1n) is 7.15. The van der Waals surface area contributed by atoms with Gasteiger partial charge in [0.1, 0.15) is 0 Å². The topological polar surface area (TPSA) is 86.6 Å². The molecule has 0 spiro atoms. The number of hydrogen-bond acceptors (Lipinski definition) is 4. The van der Waals surface area contributed by atoms with Crippen LogP contribution in [-0.4, -0.2) is 78.8 Å². The molecule has 3 N–H and O–H groups in total. The van der Waals surface area contributed by atoms with Gasteiger partial charge < -0.3 is 10.4 Å². The molecule has 19 heteroatoms. The highest BCUT2D eigenvalue weighted by Crippen LogP contribution is 2.60. The lowest BCUT2D eigenvalue weighted by Crippen LogP contribution is -2.70. The fraction of sp³-hybridized carbons (Fsp3) is 1.00. The van der Waals surface area contributed by atoms with Crippen molar-refractivity contribution in [1.29, 1.82) is 0 Å². The Morgan fingerprint density at radius 1 is 0.733 bits per heavy atom. The standard InChI is InChI=1S/C11H12F13NO4S/c12-6(13,3-5(26)4-25-1-2-30(27,28)29)7(14,15)8(16,17)9(18,19)10(20,21)11(22,23)24/h5,25-26H,1-4H2,(H,27,28,29). The monoisotopic (exact) mass is 501 g/mol. The Morgan fingerprint density at radius 2 is 1.13 bits per heavy atom. The average Bonchev–Trinajstić information content (AvgIpc) is 2.48. The van der Waals surface area contributed by atoms with Gasteiger partial charge in [0.2, 0.25) is 0 Å². The summed E-state index contributed by atoms with van der Waals surface area (Å²) in [7, 11) is -4.60. The molecule has 0 saturated carbocycles. The molecule has 182 valence electrons. The number of halogens is 13.